The Morgan fingerprint density at radius 2 is 2.00 bits per heavy atom. The van der Waals surface area contributed by atoms with Crippen LogP contribution < -0.4 is 0 Å². The summed E-state index contributed by atoms with van der Waals surface area (Å²) in [6.45, 7) is 2.62. The Kier molecular flexibility index (Phi) is 4.50. The van der Waals surface area contributed by atoms with Crippen LogP contribution in [0.1, 0.15) is 18.1 Å². The molecule has 1 unspecified atom stereocenters. The highest BCUT2D eigenvalue weighted by Gasteiger charge is 2.11. The molecule has 16 heavy (non-hydrogen) atoms. The van der Waals surface area contributed by atoms with Crippen molar-refractivity contribution in [1.82, 2.24) is 4.90 Å². The molecule has 0 aliphatic rings. The number of carboxylic acids is 1. The van der Waals surface area contributed by atoms with Gasteiger partial charge in [-0.2, -0.15) is 0 Å². The van der Waals surface area contributed by atoms with Crippen molar-refractivity contribution in [2.24, 2.45) is 5.92 Å². The van der Waals surface area contributed by atoms with Crippen LogP contribution in [0.25, 0.3) is 0 Å². The number of carbonyl (C=O) groups is 1. The predicted octanol–water partition coefficient (Wildman–Crippen LogP) is 2.01. The van der Waals surface area contributed by atoms with Gasteiger partial charge in [-0.05, 0) is 31.6 Å². The molecule has 88 valence electrons. The number of aliphatic carboxylic acids is 1. The molecule has 1 rings (SSSR count). The van der Waals surface area contributed by atoms with Gasteiger partial charge in [0.1, 0.15) is 0 Å². The number of hydrogen-bond donors (Lipinski definition) is 1. The lowest BCUT2D eigenvalue weighted by molar-refractivity contribution is -0.141. The van der Waals surface area contributed by atoms with Crippen molar-refractivity contribution < 1.29 is 9.90 Å². The van der Waals surface area contributed by atoms with E-state index >= 15 is 0 Å². The van der Waals surface area contributed by atoms with Gasteiger partial charge in [-0.15, -0.1) is 0 Å². The van der Waals surface area contributed by atoms with Gasteiger partial charge < -0.3 is 10.0 Å². The summed E-state index contributed by atoms with van der Waals surface area (Å²) in [5.41, 5.74) is 2.31. The van der Waals surface area contributed by atoms with E-state index in [0.29, 0.717) is 6.42 Å². The first-order chi connectivity index (χ1) is 7.49. The van der Waals surface area contributed by atoms with Gasteiger partial charge in [-0.3, -0.25) is 4.79 Å². The number of hydrogen-bond acceptors (Lipinski definition) is 2. The fraction of sp³-hybridized carbons (Fsp3) is 0.462. The van der Waals surface area contributed by atoms with Crippen molar-refractivity contribution >= 4 is 5.97 Å². The van der Waals surface area contributed by atoms with Crippen molar-refractivity contribution in [2.45, 2.75) is 19.9 Å². The maximum absolute atomic E-state index is 10.8. The molecule has 0 saturated carbocycles. The van der Waals surface area contributed by atoms with Crippen LogP contribution in [0.15, 0.2) is 24.3 Å². The second-order valence-electron chi connectivity index (χ2n) is 4.50. The van der Waals surface area contributed by atoms with E-state index in [9.17, 15) is 4.79 Å². The number of benzene rings is 1. The first kappa shape index (κ1) is 12.7. The highest BCUT2D eigenvalue weighted by Crippen LogP contribution is 2.12. The molecular weight excluding hydrogens is 202 g/mol. The Balaban J connectivity index is 2.70. The van der Waals surface area contributed by atoms with Crippen molar-refractivity contribution in [3.05, 3.63) is 35.4 Å². The zero-order valence-electron chi connectivity index (χ0n) is 10.1. The normalized spacial score (nSPS) is 12.8. The third-order valence-electron chi connectivity index (χ3n) is 2.45. The summed E-state index contributed by atoms with van der Waals surface area (Å²) in [5.74, 6) is -1.06. The average Bonchev–Trinajstić information content (AvgIpc) is 2.16. The first-order valence-corrected chi connectivity index (χ1v) is 5.44. The van der Waals surface area contributed by atoms with Crippen LogP contribution in [-0.4, -0.2) is 30.1 Å². The van der Waals surface area contributed by atoms with Crippen LogP contribution in [0.2, 0.25) is 0 Å². The quantitative estimate of drug-likeness (QED) is 0.827. The van der Waals surface area contributed by atoms with Gasteiger partial charge in [0.25, 0.3) is 0 Å². The Hall–Kier alpha value is -1.35. The summed E-state index contributed by atoms with van der Waals surface area (Å²) in [4.78, 5) is 12.9. The fourth-order valence-corrected chi connectivity index (χ4v) is 1.66. The van der Waals surface area contributed by atoms with Crippen molar-refractivity contribution in [1.29, 1.82) is 0 Å². The van der Waals surface area contributed by atoms with Gasteiger partial charge in [0.2, 0.25) is 0 Å². The van der Waals surface area contributed by atoms with E-state index in [0.717, 1.165) is 12.1 Å². The molecule has 0 bridgehead atoms. The van der Waals surface area contributed by atoms with Crippen molar-refractivity contribution in [3.63, 3.8) is 0 Å². The van der Waals surface area contributed by atoms with Gasteiger partial charge in [-0.1, -0.05) is 31.2 Å². The molecule has 1 aromatic carbocycles. The summed E-state index contributed by atoms with van der Waals surface area (Å²) in [7, 11) is 4.04. The van der Waals surface area contributed by atoms with Crippen LogP contribution in [0, 0.1) is 5.92 Å². The topological polar surface area (TPSA) is 40.5 Å². The Morgan fingerprint density at radius 3 is 2.56 bits per heavy atom. The van der Waals surface area contributed by atoms with Crippen LogP contribution in [0.4, 0.5) is 0 Å². The molecule has 0 radical (unpaired) electrons. The van der Waals surface area contributed by atoms with Gasteiger partial charge in [0, 0.05) is 6.54 Å². The minimum absolute atomic E-state index is 0.324. The van der Waals surface area contributed by atoms with E-state index in [4.69, 9.17) is 5.11 Å². The smallest absolute Gasteiger partial charge is 0.306 e. The Morgan fingerprint density at radius 1 is 1.38 bits per heavy atom. The first-order valence-electron chi connectivity index (χ1n) is 5.44. The predicted molar refractivity (Wildman–Crippen MR) is 64.3 cm³/mol. The molecule has 0 amide bonds. The highest BCUT2D eigenvalue weighted by atomic mass is 16.4. The Labute approximate surface area is 96.7 Å². The second-order valence-corrected chi connectivity index (χ2v) is 4.50. The summed E-state index contributed by atoms with van der Waals surface area (Å²) < 4.78 is 0. The Bertz CT molecular complexity index is 361. The maximum atomic E-state index is 10.8. The van der Waals surface area contributed by atoms with E-state index < -0.39 is 5.97 Å². The van der Waals surface area contributed by atoms with Crippen LogP contribution in [-0.2, 0) is 17.8 Å². The molecule has 1 atom stereocenters. The standard InChI is InChI=1S/C13H19NO2/c1-10(13(15)16)7-11-5-4-6-12(8-11)9-14(2)3/h4-6,8,10H,7,9H2,1-3H3,(H,15,16). The SMILES string of the molecule is CC(Cc1cccc(CN(C)C)c1)C(=O)O. The molecule has 3 heteroatoms. The molecule has 0 aliphatic carbocycles. The molecule has 0 fully saturated rings. The highest BCUT2D eigenvalue weighted by molar-refractivity contribution is 5.69. The third kappa shape index (κ3) is 4.03. The summed E-state index contributed by atoms with van der Waals surface area (Å²) in [6.07, 6.45) is 0.594. The van der Waals surface area contributed by atoms with E-state index in [2.05, 4.69) is 17.0 Å². The van der Waals surface area contributed by atoms with Crippen LogP contribution in [0.3, 0.4) is 0 Å². The molecule has 0 aromatic heterocycles. The van der Waals surface area contributed by atoms with Crippen molar-refractivity contribution in [3.8, 4) is 0 Å². The lowest BCUT2D eigenvalue weighted by Crippen LogP contribution is -2.13. The number of carboxylic acid groups (broad SMARTS) is 1. The van der Waals surface area contributed by atoms with E-state index in [-0.39, 0.29) is 5.92 Å². The van der Waals surface area contributed by atoms with Crippen molar-refractivity contribution in [2.75, 3.05) is 14.1 Å². The molecule has 0 saturated heterocycles. The van der Waals surface area contributed by atoms with E-state index in [1.54, 1.807) is 6.92 Å². The zero-order valence-corrected chi connectivity index (χ0v) is 10.1. The molecule has 1 aromatic rings. The minimum Gasteiger partial charge on any atom is -0.481 e. The molecule has 0 spiro atoms. The third-order valence-corrected chi connectivity index (χ3v) is 2.45. The van der Waals surface area contributed by atoms with E-state index in [1.165, 1.54) is 5.56 Å². The van der Waals surface area contributed by atoms with Gasteiger partial charge in [-0.25, -0.2) is 0 Å². The molecule has 3 nitrogen and oxygen atoms in total. The van der Waals surface area contributed by atoms with Gasteiger partial charge in [0.05, 0.1) is 5.92 Å². The van der Waals surface area contributed by atoms with Gasteiger partial charge >= 0.3 is 5.97 Å². The number of rotatable bonds is 5. The second kappa shape index (κ2) is 5.66. The van der Waals surface area contributed by atoms with E-state index in [1.807, 2.05) is 26.2 Å². The monoisotopic (exact) mass is 221 g/mol. The summed E-state index contributed by atoms with van der Waals surface area (Å²) in [6, 6.07) is 8.12. The molecule has 0 aliphatic heterocycles. The summed E-state index contributed by atoms with van der Waals surface area (Å²) in [5, 5.41) is 8.85. The minimum atomic E-state index is -0.738. The van der Waals surface area contributed by atoms with Crippen LogP contribution >= 0.6 is 0 Å². The lowest BCUT2D eigenvalue weighted by atomic mass is 9.99. The molecule has 0 heterocycles. The fourth-order valence-electron chi connectivity index (χ4n) is 1.66. The molecular formula is C13H19NO2. The largest absolute Gasteiger partial charge is 0.481 e. The average molecular weight is 221 g/mol. The maximum Gasteiger partial charge on any atom is 0.306 e. The van der Waals surface area contributed by atoms with Gasteiger partial charge in [0.15, 0.2) is 0 Å². The number of nitrogens with zero attached hydrogens (tertiary/aromatic N) is 1. The summed E-state index contributed by atoms with van der Waals surface area (Å²) >= 11 is 0. The zero-order chi connectivity index (χ0) is 12.1. The van der Waals surface area contributed by atoms with Crippen LogP contribution in [0.5, 0.6) is 0 Å². The lowest BCUT2D eigenvalue weighted by Gasteiger charge is -2.11. The molecule has 1 N–H and O–H groups in total.